The van der Waals surface area contributed by atoms with Gasteiger partial charge < -0.3 is 9.55 Å². The summed E-state index contributed by atoms with van der Waals surface area (Å²) in [6.45, 7) is 4.81. The zero-order valence-electron chi connectivity index (χ0n) is 23.1. The number of nitrogens with one attached hydrogen (secondary N) is 1. The Hall–Kier alpha value is -5.08. The molecule has 9 rings (SSSR count). The molecule has 0 saturated carbocycles. The van der Waals surface area contributed by atoms with Crippen LogP contribution >= 0.6 is 0 Å². The second kappa shape index (κ2) is 7.99. The van der Waals surface area contributed by atoms with Gasteiger partial charge in [0.1, 0.15) is 0 Å². The van der Waals surface area contributed by atoms with E-state index < -0.39 is 0 Å². The molecule has 0 unspecified atom stereocenters. The second-order valence-electron chi connectivity index (χ2n) is 11.9. The molecule has 5 aromatic carbocycles. The Labute approximate surface area is 238 Å². The molecule has 0 fully saturated rings. The predicted octanol–water partition coefficient (Wildman–Crippen LogP) is 8.14. The van der Waals surface area contributed by atoms with Crippen LogP contribution in [0.2, 0.25) is 0 Å². The maximum atomic E-state index is 3.78. The minimum Gasteiger partial charge on any atom is -0.355 e. The number of hydrogen-bond donors (Lipinski definition) is 1. The van der Waals surface area contributed by atoms with Crippen molar-refractivity contribution in [2.45, 2.75) is 19.3 Å². The van der Waals surface area contributed by atoms with E-state index in [4.69, 9.17) is 0 Å². The van der Waals surface area contributed by atoms with Gasteiger partial charge in [0.25, 0.3) is 0 Å². The first kappa shape index (κ1) is 22.7. The van der Waals surface area contributed by atoms with Crippen molar-refractivity contribution in [1.82, 2.24) is 9.55 Å². The van der Waals surface area contributed by atoms with Gasteiger partial charge in [-0.05, 0) is 57.8 Å². The summed E-state index contributed by atoms with van der Waals surface area (Å²) in [7, 11) is 0. The quantitative estimate of drug-likeness (QED) is 0.236. The van der Waals surface area contributed by atoms with E-state index in [0.29, 0.717) is 0 Å². The first-order valence-corrected chi connectivity index (χ1v) is 14.4. The van der Waals surface area contributed by atoms with E-state index in [2.05, 4.69) is 151 Å². The van der Waals surface area contributed by atoms with Gasteiger partial charge in [0.05, 0.1) is 16.7 Å². The van der Waals surface area contributed by atoms with Crippen molar-refractivity contribution in [3.63, 3.8) is 0 Å². The number of hydrogen-bond acceptors (Lipinski definition) is 0. The zero-order chi connectivity index (χ0) is 27.3. The lowest BCUT2D eigenvalue weighted by atomic mass is 9.70. The van der Waals surface area contributed by atoms with Crippen molar-refractivity contribution in [3.8, 4) is 11.1 Å². The van der Waals surface area contributed by atoms with Crippen LogP contribution in [0.15, 0.2) is 127 Å². The van der Waals surface area contributed by atoms with Crippen LogP contribution in [0.25, 0.3) is 61.2 Å². The Morgan fingerprint density at radius 3 is 1.95 bits per heavy atom. The fourth-order valence-electron chi connectivity index (χ4n) is 7.61. The Bertz CT molecular complexity index is 2320. The van der Waals surface area contributed by atoms with Gasteiger partial charge in [0.15, 0.2) is 0 Å². The molecule has 1 N–H and O–H groups in total. The highest BCUT2D eigenvalue weighted by Crippen LogP contribution is 2.50. The molecule has 194 valence electrons. The van der Waals surface area contributed by atoms with Gasteiger partial charge in [0.2, 0.25) is 0 Å². The van der Waals surface area contributed by atoms with Crippen LogP contribution < -0.4 is 10.4 Å². The van der Waals surface area contributed by atoms with E-state index in [-0.39, 0.29) is 5.41 Å². The molecule has 0 atom stereocenters. The van der Waals surface area contributed by atoms with Crippen LogP contribution in [-0.4, -0.2) is 9.55 Å². The third-order valence-electron chi connectivity index (χ3n) is 9.25. The summed E-state index contributed by atoms with van der Waals surface area (Å²) in [5.41, 5.74) is 12.5. The molecule has 0 saturated heterocycles. The van der Waals surface area contributed by atoms with E-state index in [1.807, 2.05) is 0 Å². The highest BCUT2D eigenvalue weighted by molar-refractivity contribution is 6.14. The number of aromatic amines is 1. The summed E-state index contributed by atoms with van der Waals surface area (Å²) in [5, 5.41) is 6.50. The van der Waals surface area contributed by atoms with Crippen molar-refractivity contribution in [3.05, 3.63) is 149 Å². The molecule has 2 nitrogen and oxygen atoms in total. The maximum absolute atomic E-state index is 3.78. The molecule has 0 amide bonds. The monoisotopic (exact) mass is 524 g/mol. The van der Waals surface area contributed by atoms with Crippen molar-refractivity contribution in [2.24, 2.45) is 0 Å². The van der Waals surface area contributed by atoms with Gasteiger partial charge in [-0.3, -0.25) is 0 Å². The molecule has 41 heavy (non-hydrogen) atoms. The summed E-state index contributed by atoms with van der Waals surface area (Å²) < 4.78 is 2.51. The van der Waals surface area contributed by atoms with Crippen LogP contribution in [0.4, 0.5) is 0 Å². The third kappa shape index (κ3) is 2.97. The van der Waals surface area contributed by atoms with E-state index in [1.54, 1.807) is 0 Å². The van der Waals surface area contributed by atoms with Crippen molar-refractivity contribution < 1.29 is 0 Å². The van der Waals surface area contributed by atoms with E-state index in [0.717, 1.165) is 0 Å². The molecular formula is C39H28N2. The van der Waals surface area contributed by atoms with Gasteiger partial charge in [-0.1, -0.05) is 111 Å². The summed E-state index contributed by atoms with van der Waals surface area (Å²) in [4.78, 5) is 3.78. The average Bonchev–Trinajstić information content (AvgIpc) is 3.65. The van der Waals surface area contributed by atoms with Crippen molar-refractivity contribution >= 4 is 50.1 Å². The van der Waals surface area contributed by atoms with Gasteiger partial charge >= 0.3 is 0 Å². The summed E-state index contributed by atoms with van der Waals surface area (Å²) in [5.74, 6) is 0. The number of fused-ring (bicyclic) bond motifs is 8. The smallest absolute Gasteiger partial charge is 0.0617 e. The molecule has 0 spiro atoms. The number of rotatable bonds is 2. The number of para-hydroxylation sites is 3. The minimum atomic E-state index is -0.205. The standard InChI is InChI=1S/C39H28N2/c1-39(2)36-30-22-25(24-12-4-3-5-13-24)20-21-28(30)38(31(36)23-33-37(39)29-16-6-9-17-32(29)40-33)41-34-18-10-7-14-26(34)27-15-8-11-19-35(27)41/h3-23,40H,1-2H3. The minimum absolute atomic E-state index is 0.205. The molecule has 0 aliphatic heterocycles. The largest absolute Gasteiger partial charge is 0.355 e. The van der Waals surface area contributed by atoms with Crippen molar-refractivity contribution in [1.29, 1.82) is 0 Å². The number of benzene rings is 5. The van der Waals surface area contributed by atoms with Crippen molar-refractivity contribution in [2.75, 3.05) is 0 Å². The summed E-state index contributed by atoms with van der Waals surface area (Å²) >= 11 is 0. The number of nitrogens with zero attached hydrogens (tertiary/aromatic N) is 1. The number of allylic oxidation sites excluding steroid dienone is 1. The van der Waals surface area contributed by atoms with E-state index in [1.165, 1.54) is 82.4 Å². The molecule has 0 bridgehead atoms. The Morgan fingerprint density at radius 2 is 1.22 bits per heavy atom. The second-order valence-corrected chi connectivity index (χ2v) is 11.9. The predicted molar refractivity (Wildman–Crippen MR) is 172 cm³/mol. The lowest BCUT2D eigenvalue weighted by Crippen LogP contribution is -2.31. The Kier molecular flexibility index (Phi) is 4.42. The highest BCUT2D eigenvalue weighted by atomic mass is 15.0. The van der Waals surface area contributed by atoms with Crippen LogP contribution in [0.1, 0.15) is 25.1 Å². The number of aromatic nitrogens is 2. The fourth-order valence-corrected chi connectivity index (χ4v) is 7.61. The summed E-state index contributed by atoms with van der Waals surface area (Å²) in [6.07, 6.45) is 2.41. The topological polar surface area (TPSA) is 20.7 Å². The van der Waals surface area contributed by atoms with Gasteiger partial charge in [0, 0.05) is 43.6 Å². The molecule has 7 aromatic rings. The first-order chi connectivity index (χ1) is 20.1. The van der Waals surface area contributed by atoms with Crippen LogP contribution in [0.5, 0.6) is 0 Å². The zero-order valence-corrected chi connectivity index (χ0v) is 23.1. The van der Waals surface area contributed by atoms with Crippen LogP contribution in [0, 0.1) is 0 Å². The number of H-pyrrole nitrogens is 1. The fraction of sp³-hybridized carbons (Fsp3) is 0.0769. The Morgan fingerprint density at radius 1 is 0.585 bits per heavy atom. The SMILES string of the molecule is CC1(C)C2=c3cc(-c4ccccc4)ccc3=C(n3c4ccccc4c4ccccc43)C2=Cc2[nH]c3ccccc3c21. The highest BCUT2D eigenvalue weighted by Gasteiger charge is 2.41. The first-order valence-electron chi connectivity index (χ1n) is 14.4. The lowest BCUT2D eigenvalue weighted by Gasteiger charge is -2.34. The van der Waals surface area contributed by atoms with Gasteiger partial charge in [-0.2, -0.15) is 0 Å². The molecule has 2 aliphatic rings. The molecule has 2 aliphatic carbocycles. The van der Waals surface area contributed by atoms with E-state index in [9.17, 15) is 0 Å². The molecule has 2 heterocycles. The average molecular weight is 525 g/mol. The molecule has 2 heteroatoms. The van der Waals surface area contributed by atoms with E-state index >= 15 is 0 Å². The maximum Gasteiger partial charge on any atom is 0.0617 e. The van der Waals surface area contributed by atoms with Gasteiger partial charge in [-0.25, -0.2) is 0 Å². The van der Waals surface area contributed by atoms with Crippen LogP contribution in [0.3, 0.4) is 0 Å². The third-order valence-corrected chi connectivity index (χ3v) is 9.25. The van der Waals surface area contributed by atoms with Crippen LogP contribution in [-0.2, 0) is 5.41 Å². The normalized spacial score (nSPS) is 15.3. The molecule has 2 aromatic heterocycles. The summed E-state index contributed by atoms with van der Waals surface area (Å²) in [6, 6.07) is 44.2. The Balaban J connectivity index is 1.47. The van der Waals surface area contributed by atoms with Gasteiger partial charge in [-0.15, -0.1) is 0 Å². The molecule has 0 radical (unpaired) electrons. The molecular weight excluding hydrogens is 496 g/mol. The lowest BCUT2D eigenvalue weighted by molar-refractivity contribution is 0.690.